The van der Waals surface area contributed by atoms with Gasteiger partial charge in [0.05, 0.1) is 0 Å². The number of hydrogen-bond donors (Lipinski definition) is 10. The van der Waals surface area contributed by atoms with Gasteiger partial charge < -0.3 is 81.6 Å². The van der Waals surface area contributed by atoms with Crippen LogP contribution in [0.25, 0.3) is 0 Å². The number of amides is 10. The Hall–Kier alpha value is -8.70. The summed E-state index contributed by atoms with van der Waals surface area (Å²) in [6, 6.07) is 5.83. The highest BCUT2D eigenvalue weighted by molar-refractivity contribution is 7.98. The van der Waals surface area contributed by atoms with E-state index in [4.69, 9.17) is 28.4 Å². The molecule has 10 fully saturated rings. The minimum absolute atomic E-state index is 0.0114. The molecular weight excluding hydrogens is 1530 g/mol. The fourth-order valence-corrected chi connectivity index (χ4v) is 20.0. The van der Waals surface area contributed by atoms with Crippen LogP contribution in [-0.4, -0.2) is 175 Å². The zero-order valence-corrected chi connectivity index (χ0v) is 71.0. The Morgan fingerprint density at radius 1 is 0.407 bits per heavy atom. The van der Waals surface area contributed by atoms with Gasteiger partial charge >= 0.3 is 36.2 Å². The normalized spacial score (nSPS) is 24.4. The van der Waals surface area contributed by atoms with Gasteiger partial charge in [-0.15, -0.1) is 0 Å². The molecule has 8 bridgehead atoms. The van der Waals surface area contributed by atoms with Crippen LogP contribution >= 0.6 is 11.8 Å². The maximum Gasteiger partial charge on any atom is 0.408 e. The summed E-state index contributed by atoms with van der Waals surface area (Å²) in [5.74, 6) is -3.26. The summed E-state index contributed by atoms with van der Waals surface area (Å²) in [6.07, 6.45) is 16.0. The first-order valence-electron chi connectivity index (χ1n) is 43.8. The number of carbonyl (C=O) groups is 13. The summed E-state index contributed by atoms with van der Waals surface area (Å²) in [5, 5.41) is 27.1. The van der Waals surface area contributed by atoms with Gasteiger partial charge in [0.15, 0.2) is 0 Å². The predicted octanol–water partition coefficient (Wildman–Crippen LogP) is 10.1. The lowest BCUT2D eigenvalue weighted by Gasteiger charge is -2.53. The van der Waals surface area contributed by atoms with Gasteiger partial charge in [0.1, 0.15) is 85.0 Å². The fourth-order valence-electron chi connectivity index (χ4n) is 19.0. The smallest absolute Gasteiger partial charge is 0.408 e. The maximum atomic E-state index is 15.1. The Labute approximate surface area is 699 Å². The second-order valence-corrected chi connectivity index (χ2v) is 36.8. The van der Waals surface area contributed by atoms with Crippen molar-refractivity contribution in [3.05, 3.63) is 71.3 Å². The highest BCUT2D eigenvalue weighted by Crippen LogP contribution is 2.56. The van der Waals surface area contributed by atoms with Gasteiger partial charge in [-0.3, -0.25) is 43.2 Å². The van der Waals surface area contributed by atoms with Gasteiger partial charge in [-0.25, -0.2) is 19.2 Å². The number of ether oxygens (including phenoxy) is 6. The number of unbranched alkanes of at least 4 members (excludes halogenated alkanes) is 2. The lowest BCUT2D eigenvalue weighted by atomic mass is 9.55. The number of esters is 3. The van der Waals surface area contributed by atoms with Crippen molar-refractivity contribution in [2.75, 3.05) is 18.8 Å². The van der Waals surface area contributed by atoms with Crippen molar-refractivity contribution in [3.8, 4) is 0 Å². The summed E-state index contributed by atoms with van der Waals surface area (Å²) in [5.41, 5.74) is 1.87. The van der Waals surface area contributed by atoms with Crippen molar-refractivity contribution in [1.82, 2.24) is 53.2 Å². The Kier molecular flexibility index (Phi) is 35.0. The van der Waals surface area contributed by atoms with Crippen LogP contribution in [0.2, 0.25) is 0 Å². The van der Waals surface area contributed by atoms with Crippen molar-refractivity contribution >= 4 is 89.3 Å². The van der Waals surface area contributed by atoms with Gasteiger partial charge in [-0.1, -0.05) is 73.0 Å². The second-order valence-electron chi connectivity index (χ2n) is 35.8. The summed E-state index contributed by atoms with van der Waals surface area (Å²) >= 11 is 1.39. The molecule has 2 aromatic carbocycles. The van der Waals surface area contributed by atoms with Gasteiger partial charge in [0, 0.05) is 37.4 Å². The molecule has 12 rings (SSSR count). The first-order valence-corrected chi connectivity index (χ1v) is 44.9. The number of thioether (sulfide) groups is 1. The first kappa shape index (κ1) is 91.6. The zero-order chi connectivity index (χ0) is 84.4. The molecule has 10 aliphatic rings. The zero-order valence-electron chi connectivity index (χ0n) is 70.2. The van der Waals surface area contributed by atoms with Gasteiger partial charge in [-0.05, 0) is 274 Å². The van der Waals surface area contributed by atoms with Crippen LogP contribution in [0.5, 0.6) is 0 Å². The molecule has 29 nitrogen and oxygen atoms in total. The van der Waals surface area contributed by atoms with E-state index in [1.165, 1.54) is 45.4 Å². The average molecular weight is 1660 g/mol. The number of alkyl carbamates (subject to hydrolysis) is 3. The molecule has 0 heterocycles. The van der Waals surface area contributed by atoms with Crippen LogP contribution in [-0.2, 0) is 88.7 Å². The molecule has 0 radical (unpaired) electrons. The number of carbonyl (C=O) groups excluding carboxylic acids is 13. The average Bonchev–Trinajstić information content (AvgIpc) is 0.767. The Morgan fingerprint density at radius 3 is 1.20 bits per heavy atom. The number of aryl methyl sites for hydroxylation is 1. The summed E-state index contributed by atoms with van der Waals surface area (Å²) in [4.78, 5) is 183. The van der Waals surface area contributed by atoms with Crippen molar-refractivity contribution in [3.63, 3.8) is 0 Å². The van der Waals surface area contributed by atoms with E-state index in [1.54, 1.807) is 32.9 Å². The largest absolute Gasteiger partial charge is 0.462 e. The second kappa shape index (κ2) is 45.1. The van der Waals surface area contributed by atoms with E-state index in [0.717, 1.165) is 101 Å². The molecular formula is C88H130N10O19S. The molecule has 118 heavy (non-hydrogen) atoms. The molecule has 652 valence electrons. The fraction of sp³-hybridized carbons (Fsp3) is 0.716. The van der Waals surface area contributed by atoms with Gasteiger partial charge in [-0.2, -0.15) is 11.8 Å². The third kappa shape index (κ3) is 29.3. The summed E-state index contributed by atoms with van der Waals surface area (Å²) < 4.78 is 34.9. The molecule has 0 saturated heterocycles. The molecule has 8 atom stereocenters. The highest BCUT2D eigenvalue weighted by Gasteiger charge is 2.52. The molecule has 0 unspecified atom stereocenters. The standard InChI is InChI=1S/C88H130N10O19S/c1-52-29-31-57(32-30-52)50-118-51-72(84(108)112-49-56-21-11-8-12-22-56)98-82(106)69(28-18-20-38-90-86(110)116-76-64-45-60-40-61(47-64)48-65(76)46-60)97-83(107)71(34-36-74(100)114-67-25-15-10-16-26-67)96-78(102)54(3)92-81(105)70(33-35-73(99)113-66-23-13-9-14-24-66)95-77(101)53(2)91-80(104)68(94-79(103)55(4)93-87(111)117-88(5,6)7)27-17-19-37-89-85(109)115-75-62-41-58-39-59(43-62)44-63(75)42-58/h8,11-12,21-22,29-32,53-55,58-72,75-76H,9-10,13-20,23-28,33-51H2,1-7H3,(H,89,109)(H,90,110)(H,91,104)(H,92,105)(H,93,111)(H,94,103)(H,95,101)(H,96,102)(H,97,107)(H,98,106)/t53-,54-,55-,58?,59?,60?,61?,62?,63?,64?,65?,68-,69-,70-,71-,72-,75?,76?/m0/s1. The minimum atomic E-state index is -1.57. The third-order valence-corrected chi connectivity index (χ3v) is 25.9. The van der Waals surface area contributed by atoms with Crippen molar-refractivity contribution < 1.29 is 90.8 Å². The van der Waals surface area contributed by atoms with E-state index >= 15 is 4.79 Å². The lowest BCUT2D eigenvalue weighted by molar-refractivity contribution is -0.152. The molecule has 10 saturated carbocycles. The van der Waals surface area contributed by atoms with Crippen LogP contribution in [0, 0.1) is 54.3 Å². The summed E-state index contributed by atoms with van der Waals surface area (Å²) in [7, 11) is 0. The van der Waals surface area contributed by atoms with Gasteiger partial charge in [0.25, 0.3) is 0 Å². The summed E-state index contributed by atoms with van der Waals surface area (Å²) in [6.45, 7) is 11.3. The van der Waals surface area contributed by atoms with Gasteiger partial charge in [0.2, 0.25) is 41.4 Å². The topological polar surface area (TPSA) is 398 Å². The van der Waals surface area contributed by atoms with Crippen LogP contribution in [0.1, 0.15) is 251 Å². The van der Waals surface area contributed by atoms with Crippen LogP contribution in [0.15, 0.2) is 54.6 Å². The predicted molar refractivity (Wildman–Crippen MR) is 440 cm³/mol. The SMILES string of the molecule is Cc1ccc(CSC[C@H](NC(=O)[C@H](CCCCNC(=O)OC2C3CC4CC(C3)CC2C4)NC(=O)[C@H](CCC(=O)OC2CCCCC2)NC(=O)[C@H](C)NC(=O)[C@H](CCC(=O)OC2CCCCC2)NC(=O)[C@H](C)NC(=O)[C@H](CCCCNC(=O)OC2C3CC4CC(C3)CC2C4)NC(=O)[C@H](C)NC(=O)OC(C)(C)C)C(=O)OCc2ccccc2)cc1. The van der Waals surface area contributed by atoms with E-state index < -0.39 is 131 Å². The Bertz CT molecular complexity index is 3660. The molecule has 30 heteroatoms. The molecule has 0 aromatic heterocycles. The van der Waals surface area contributed by atoms with E-state index in [-0.39, 0.29) is 94.8 Å². The van der Waals surface area contributed by atoms with E-state index in [2.05, 4.69) is 53.2 Å². The van der Waals surface area contributed by atoms with Crippen LogP contribution in [0.4, 0.5) is 14.4 Å². The van der Waals surface area contributed by atoms with E-state index in [0.29, 0.717) is 104 Å². The van der Waals surface area contributed by atoms with Crippen molar-refractivity contribution in [2.24, 2.45) is 47.3 Å². The number of nitrogens with one attached hydrogen (secondary N) is 10. The van der Waals surface area contributed by atoms with E-state index in [1.807, 2.05) is 49.4 Å². The molecule has 10 amide bonds. The molecule has 10 N–H and O–H groups in total. The highest BCUT2D eigenvalue weighted by atomic mass is 32.2. The minimum Gasteiger partial charge on any atom is -0.462 e. The van der Waals surface area contributed by atoms with Crippen LogP contribution in [0.3, 0.4) is 0 Å². The first-order chi connectivity index (χ1) is 56.5. The van der Waals surface area contributed by atoms with Crippen molar-refractivity contribution in [1.29, 1.82) is 0 Å². The van der Waals surface area contributed by atoms with E-state index in [9.17, 15) is 57.5 Å². The third-order valence-electron chi connectivity index (χ3n) is 24.8. The quantitative estimate of drug-likeness (QED) is 0.0168. The molecule has 0 aliphatic heterocycles. The monoisotopic (exact) mass is 1660 g/mol. The molecule has 2 aromatic rings. The molecule has 10 aliphatic carbocycles. The maximum absolute atomic E-state index is 15.1. The Balaban J connectivity index is 0.814. The molecule has 0 spiro atoms. The number of rotatable bonds is 42. The lowest BCUT2D eigenvalue weighted by Crippen LogP contribution is -2.59. The van der Waals surface area contributed by atoms with Crippen LogP contribution < -0.4 is 53.2 Å². The van der Waals surface area contributed by atoms with Crippen molar-refractivity contribution in [2.45, 2.75) is 332 Å². The number of hydrogen-bond acceptors (Lipinski definition) is 20. The number of benzene rings is 2. The Morgan fingerprint density at radius 2 is 0.788 bits per heavy atom.